The minimum atomic E-state index is -0.981. The molecular formula is C32H30O12. The number of esters is 1. The molecule has 0 fully saturated rings. The van der Waals surface area contributed by atoms with Gasteiger partial charge in [0.1, 0.15) is 0 Å². The number of hydrogen-bond donors (Lipinski definition) is 4. The van der Waals surface area contributed by atoms with Crippen molar-refractivity contribution in [1.29, 1.82) is 0 Å². The number of Topliss-reactive ketones (excluding diaryl/α,β-unsaturated/α-hetero) is 4. The van der Waals surface area contributed by atoms with E-state index >= 15 is 0 Å². The fourth-order valence-electron chi connectivity index (χ4n) is 5.76. The lowest BCUT2D eigenvalue weighted by atomic mass is 9.71. The van der Waals surface area contributed by atoms with Gasteiger partial charge < -0.3 is 29.9 Å². The molecule has 0 atom stereocenters. The highest BCUT2D eigenvalue weighted by Crippen LogP contribution is 2.48. The molecule has 0 amide bonds. The van der Waals surface area contributed by atoms with Crippen LogP contribution in [-0.4, -0.2) is 69.2 Å². The maximum absolute atomic E-state index is 14.1. The van der Waals surface area contributed by atoms with Gasteiger partial charge in [-0.2, -0.15) is 0 Å². The number of allylic oxidation sites excluding steroid dienone is 4. The number of carbonyl (C=O) groups excluding carboxylic acids is 6. The zero-order chi connectivity index (χ0) is 32.9. The van der Waals surface area contributed by atoms with Gasteiger partial charge in [0.2, 0.25) is 0 Å². The van der Waals surface area contributed by atoms with Gasteiger partial charge in [-0.25, -0.2) is 4.79 Å². The van der Waals surface area contributed by atoms with Crippen LogP contribution in [0.5, 0.6) is 23.0 Å². The van der Waals surface area contributed by atoms with E-state index in [1.165, 1.54) is 13.8 Å². The number of aliphatic hydroxyl groups excluding tert-OH is 1. The first-order chi connectivity index (χ1) is 20.6. The van der Waals surface area contributed by atoms with Crippen molar-refractivity contribution in [2.24, 2.45) is 0 Å². The van der Waals surface area contributed by atoms with Crippen LogP contribution < -0.4 is 4.74 Å². The Hall–Kier alpha value is -5.10. The van der Waals surface area contributed by atoms with Gasteiger partial charge in [0, 0.05) is 55.7 Å². The lowest BCUT2D eigenvalue weighted by molar-refractivity contribution is -0.154. The second-order valence-electron chi connectivity index (χ2n) is 11.0. The number of hydrogen-bond acceptors (Lipinski definition) is 12. The Labute approximate surface area is 251 Å². The zero-order valence-electron chi connectivity index (χ0n) is 24.8. The topological polar surface area (TPSA) is 202 Å². The monoisotopic (exact) mass is 606 g/mol. The first-order valence-electron chi connectivity index (χ1n) is 13.6. The smallest absolute Gasteiger partial charge is 0.346 e. The molecular weight excluding hydrogens is 576 g/mol. The fourth-order valence-corrected chi connectivity index (χ4v) is 5.76. The average molecular weight is 607 g/mol. The highest BCUT2D eigenvalue weighted by atomic mass is 16.6. The van der Waals surface area contributed by atoms with E-state index in [-0.39, 0.29) is 51.0 Å². The van der Waals surface area contributed by atoms with Crippen molar-refractivity contribution < 1.29 is 58.7 Å². The van der Waals surface area contributed by atoms with Crippen molar-refractivity contribution in [2.45, 2.75) is 53.4 Å². The van der Waals surface area contributed by atoms with Crippen molar-refractivity contribution in [3.63, 3.8) is 0 Å². The molecule has 230 valence electrons. The highest BCUT2D eigenvalue weighted by molar-refractivity contribution is 6.38. The summed E-state index contributed by atoms with van der Waals surface area (Å²) >= 11 is 0. The van der Waals surface area contributed by atoms with E-state index in [9.17, 15) is 44.1 Å². The predicted octanol–water partition coefficient (Wildman–Crippen LogP) is 3.83. The van der Waals surface area contributed by atoms with Crippen LogP contribution >= 0.6 is 0 Å². The van der Waals surface area contributed by atoms with Gasteiger partial charge in [0.15, 0.2) is 65.8 Å². The first-order valence-corrected chi connectivity index (χ1v) is 13.6. The number of ether oxygens (including phenoxy) is 2. The molecule has 0 heterocycles. The summed E-state index contributed by atoms with van der Waals surface area (Å²) in [6, 6.07) is 0.956. The molecule has 0 spiro atoms. The maximum atomic E-state index is 14.1. The van der Waals surface area contributed by atoms with Crippen LogP contribution in [0.15, 0.2) is 28.4 Å². The van der Waals surface area contributed by atoms with E-state index in [4.69, 9.17) is 9.84 Å². The van der Waals surface area contributed by atoms with Gasteiger partial charge in [-0.15, -0.1) is 0 Å². The number of benzene rings is 2. The molecule has 2 aromatic rings. The minimum absolute atomic E-state index is 0.0520. The van der Waals surface area contributed by atoms with E-state index in [1.54, 1.807) is 27.7 Å². The second kappa shape index (κ2) is 11.5. The predicted molar refractivity (Wildman–Crippen MR) is 153 cm³/mol. The van der Waals surface area contributed by atoms with E-state index in [0.29, 0.717) is 0 Å². The van der Waals surface area contributed by atoms with Gasteiger partial charge >= 0.3 is 5.97 Å². The Kier molecular flexibility index (Phi) is 8.34. The molecule has 0 saturated carbocycles. The number of carbonyl (C=O) groups is 6. The summed E-state index contributed by atoms with van der Waals surface area (Å²) in [4.78, 5) is 79.7. The first kappa shape index (κ1) is 31.8. The molecule has 2 aromatic carbocycles. The standard InChI is InChI=1S/C32H30O12/c1-11(2)19-25-24(16(8-33)29(40)31(19)42)30(41)22(14(6)27(25)38)21-13(5)26(37)23-15(28(21)39)7-17(35)32(20(23)12(3)4)43-9-18(36)44-10-34/h7-8,11-12,34-35,40,42H,9-10H2,1-6H3. The minimum Gasteiger partial charge on any atom is -0.504 e. The van der Waals surface area contributed by atoms with Crippen molar-refractivity contribution in [3.05, 3.63) is 67.3 Å². The quantitative estimate of drug-likeness (QED) is 0.147. The lowest BCUT2D eigenvalue weighted by Crippen LogP contribution is -2.31. The number of phenols is 3. The lowest BCUT2D eigenvalue weighted by Gasteiger charge is -2.29. The van der Waals surface area contributed by atoms with Crippen LogP contribution in [0, 0.1) is 0 Å². The Balaban J connectivity index is 1.98. The SMILES string of the molecule is CC1=C(C2=C(C)C(=O)c3c(c(C=O)c(O)c(O)c3C(C)C)C2=O)C(=O)c2cc(O)c(OCC(=O)OCO)c(C(C)C)c2C1=O. The molecule has 0 unspecified atom stereocenters. The molecule has 2 aliphatic carbocycles. The largest absolute Gasteiger partial charge is 0.504 e. The van der Waals surface area contributed by atoms with E-state index in [2.05, 4.69) is 4.74 Å². The Morgan fingerprint density at radius 2 is 1.34 bits per heavy atom. The molecule has 2 aliphatic rings. The molecule has 12 nitrogen and oxygen atoms in total. The van der Waals surface area contributed by atoms with E-state index in [1.807, 2.05) is 0 Å². The molecule has 0 saturated heterocycles. The van der Waals surface area contributed by atoms with Crippen molar-refractivity contribution in [3.8, 4) is 23.0 Å². The third-order valence-corrected chi connectivity index (χ3v) is 7.71. The summed E-state index contributed by atoms with van der Waals surface area (Å²) in [7, 11) is 0. The molecule has 0 aliphatic heterocycles. The molecule has 4 N–H and O–H groups in total. The number of aromatic hydroxyl groups is 3. The summed E-state index contributed by atoms with van der Waals surface area (Å²) in [5.41, 5.74) is -3.11. The van der Waals surface area contributed by atoms with Gasteiger partial charge in [0.05, 0.1) is 5.56 Å². The summed E-state index contributed by atoms with van der Waals surface area (Å²) < 4.78 is 9.86. The number of aliphatic hydroxyl groups is 1. The molecule has 12 heteroatoms. The summed E-state index contributed by atoms with van der Waals surface area (Å²) in [5, 5.41) is 40.9. The third-order valence-electron chi connectivity index (χ3n) is 7.71. The molecule has 44 heavy (non-hydrogen) atoms. The zero-order valence-corrected chi connectivity index (χ0v) is 24.8. The van der Waals surface area contributed by atoms with Gasteiger partial charge in [-0.05, 0) is 31.7 Å². The normalized spacial score (nSPS) is 14.8. The number of fused-ring (bicyclic) bond motifs is 2. The Bertz CT molecular complexity index is 1770. The Morgan fingerprint density at radius 1 is 0.795 bits per heavy atom. The molecule has 4 rings (SSSR count). The highest BCUT2D eigenvalue weighted by Gasteiger charge is 2.44. The number of rotatable bonds is 8. The van der Waals surface area contributed by atoms with Crippen LogP contribution in [0.25, 0.3) is 0 Å². The maximum Gasteiger partial charge on any atom is 0.346 e. The van der Waals surface area contributed by atoms with Crippen LogP contribution in [-0.2, 0) is 9.53 Å². The van der Waals surface area contributed by atoms with Gasteiger partial charge in [-0.1, -0.05) is 27.7 Å². The molecule has 0 radical (unpaired) electrons. The number of ketones is 4. The third kappa shape index (κ3) is 4.67. The van der Waals surface area contributed by atoms with E-state index < -0.39 is 93.9 Å². The number of aldehydes is 1. The van der Waals surface area contributed by atoms with Crippen molar-refractivity contribution in [2.75, 3.05) is 13.4 Å². The summed E-state index contributed by atoms with van der Waals surface area (Å²) in [6.45, 7) is 7.48. The molecule has 0 bridgehead atoms. The van der Waals surface area contributed by atoms with Crippen LogP contribution in [0.2, 0.25) is 0 Å². The van der Waals surface area contributed by atoms with Crippen molar-refractivity contribution in [1.82, 2.24) is 0 Å². The summed E-state index contributed by atoms with van der Waals surface area (Å²) in [6.07, 6.45) is 0.122. The average Bonchev–Trinajstić information content (AvgIpc) is 2.95. The fraction of sp³-hybridized carbons (Fsp3) is 0.312. The van der Waals surface area contributed by atoms with Gasteiger partial charge in [-0.3, -0.25) is 24.0 Å². The van der Waals surface area contributed by atoms with E-state index in [0.717, 1.165) is 6.07 Å². The van der Waals surface area contributed by atoms with Crippen LogP contribution in [0.3, 0.4) is 0 Å². The van der Waals surface area contributed by atoms with Crippen molar-refractivity contribution >= 4 is 35.4 Å². The number of phenolic OH excluding ortho intramolecular Hbond substituents is 3. The molecule has 0 aromatic heterocycles. The second-order valence-corrected chi connectivity index (χ2v) is 11.0. The Morgan fingerprint density at radius 3 is 1.86 bits per heavy atom. The van der Waals surface area contributed by atoms with Crippen LogP contribution in [0.1, 0.15) is 116 Å². The van der Waals surface area contributed by atoms with Crippen LogP contribution in [0.4, 0.5) is 0 Å². The van der Waals surface area contributed by atoms with Gasteiger partial charge in [0.25, 0.3) is 0 Å². The summed E-state index contributed by atoms with van der Waals surface area (Å²) in [5.74, 6) is -7.89.